The van der Waals surface area contributed by atoms with Gasteiger partial charge in [-0.1, -0.05) is 12.1 Å². The number of anilines is 1. The topological polar surface area (TPSA) is 161 Å². The number of thiazole rings is 1. The maximum absolute atomic E-state index is 12.3. The second-order valence-electron chi connectivity index (χ2n) is 5.51. The third-order valence-corrected chi connectivity index (χ3v) is 4.51. The van der Waals surface area contributed by atoms with Gasteiger partial charge >= 0.3 is 13.1 Å². The summed E-state index contributed by atoms with van der Waals surface area (Å²) in [5, 5.41) is 23.8. The number of nitrogens with one attached hydrogen (secondary N) is 1. The van der Waals surface area contributed by atoms with Gasteiger partial charge < -0.3 is 31.6 Å². The van der Waals surface area contributed by atoms with Gasteiger partial charge in [-0.3, -0.25) is 4.79 Å². The zero-order chi connectivity index (χ0) is 18.1. The molecule has 1 aromatic heterocycles. The Hall–Kier alpha value is -2.63. The van der Waals surface area contributed by atoms with E-state index in [0.29, 0.717) is 16.4 Å². The van der Waals surface area contributed by atoms with Gasteiger partial charge in [-0.05, 0) is 18.1 Å². The summed E-state index contributed by atoms with van der Waals surface area (Å²) < 4.78 is 5.31. The molecular weight excluding hydrogens is 347 g/mol. The molecule has 1 aliphatic heterocycles. The molecule has 2 aromatic rings. The Kier molecular flexibility index (Phi) is 4.62. The molecular formula is C14H15BN4O5S. The highest BCUT2D eigenvalue weighted by Gasteiger charge is 2.38. The lowest BCUT2D eigenvalue weighted by Crippen LogP contribution is -2.54. The molecule has 2 atom stereocenters. The zero-order valence-corrected chi connectivity index (χ0v) is 13.7. The average molecular weight is 362 g/mol. The minimum absolute atomic E-state index is 0.0454. The fourth-order valence-corrected chi connectivity index (χ4v) is 3.17. The van der Waals surface area contributed by atoms with Gasteiger partial charge in [0.15, 0.2) is 5.13 Å². The Morgan fingerprint density at radius 3 is 2.88 bits per heavy atom. The number of hydrogen-bond acceptors (Lipinski definition) is 8. The largest absolute Gasteiger partial charge is 0.547 e. The number of carboxylic acids is 1. The molecule has 0 saturated carbocycles. The zero-order valence-electron chi connectivity index (χ0n) is 12.9. The first-order valence-corrected chi connectivity index (χ1v) is 8.21. The van der Waals surface area contributed by atoms with Crippen LogP contribution in [0.15, 0.2) is 23.6 Å². The predicted molar refractivity (Wildman–Crippen MR) is 91.1 cm³/mol. The summed E-state index contributed by atoms with van der Waals surface area (Å²) >= 11 is 1.17. The lowest BCUT2D eigenvalue weighted by molar-refractivity contribution is -0.123. The van der Waals surface area contributed by atoms with Crippen molar-refractivity contribution in [2.75, 3.05) is 5.73 Å². The Balaban J connectivity index is 1.75. The van der Waals surface area contributed by atoms with E-state index in [1.165, 1.54) is 17.4 Å². The molecule has 3 rings (SSSR count). The van der Waals surface area contributed by atoms with E-state index in [-0.39, 0.29) is 17.7 Å². The first kappa shape index (κ1) is 17.2. The molecule has 25 heavy (non-hydrogen) atoms. The fraction of sp³-hybridized carbons (Fsp3) is 0.214. The van der Waals surface area contributed by atoms with Crippen LogP contribution in [-0.4, -0.2) is 40.1 Å². The van der Waals surface area contributed by atoms with Crippen LogP contribution in [0.4, 0.5) is 5.13 Å². The lowest BCUT2D eigenvalue weighted by atomic mass is 9.72. The number of benzene rings is 1. The summed E-state index contributed by atoms with van der Waals surface area (Å²) in [6, 6.07) is 3.60. The van der Waals surface area contributed by atoms with Crippen LogP contribution < -0.4 is 21.4 Å². The molecule has 0 spiro atoms. The quantitative estimate of drug-likeness (QED) is 0.458. The van der Waals surface area contributed by atoms with Gasteiger partial charge in [0.25, 0.3) is 0 Å². The first-order chi connectivity index (χ1) is 11.9. The van der Waals surface area contributed by atoms with Gasteiger partial charge in [0, 0.05) is 5.38 Å². The SMILES string of the molecule is Nc1nc([C@H](N)C(=O)N[C@H]2Cc3cccc(C(=O)O)c3OB2O)cs1. The summed E-state index contributed by atoms with van der Waals surface area (Å²) in [7, 11) is -1.40. The van der Waals surface area contributed by atoms with Crippen LogP contribution in [0.1, 0.15) is 27.7 Å². The number of carboxylic acid groups (broad SMARTS) is 1. The number of fused-ring (bicyclic) bond motifs is 1. The second kappa shape index (κ2) is 6.71. The molecule has 2 heterocycles. The Morgan fingerprint density at radius 2 is 2.24 bits per heavy atom. The molecule has 0 saturated heterocycles. The molecule has 7 N–H and O–H groups in total. The molecule has 1 aliphatic rings. The minimum atomic E-state index is -1.40. The van der Waals surface area contributed by atoms with Gasteiger partial charge in [0.05, 0.1) is 17.2 Å². The van der Waals surface area contributed by atoms with Crippen molar-refractivity contribution in [3.63, 3.8) is 0 Å². The van der Waals surface area contributed by atoms with Crippen molar-refractivity contribution in [1.82, 2.24) is 10.3 Å². The molecule has 11 heteroatoms. The molecule has 0 aliphatic carbocycles. The summed E-state index contributed by atoms with van der Waals surface area (Å²) in [5.41, 5.74) is 12.2. The van der Waals surface area contributed by atoms with Crippen molar-refractivity contribution < 1.29 is 24.4 Å². The highest BCUT2D eigenvalue weighted by atomic mass is 32.1. The molecule has 0 fully saturated rings. The number of nitrogens with zero attached hydrogens (tertiary/aromatic N) is 1. The molecule has 9 nitrogen and oxygen atoms in total. The number of hydrogen-bond donors (Lipinski definition) is 5. The highest BCUT2D eigenvalue weighted by molar-refractivity contribution is 7.13. The summed E-state index contributed by atoms with van der Waals surface area (Å²) in [5.74, 6) is -2.37. The number of aromatic carboxylic acids is 1. The van der Waals surface area contributed by atoms with Crippen molar-refractivity contribution in [2.45, 2.75) is 18.4 Å². The van der Waals surface area contributed by atoms with Gasteiger partial charge in [-0.15, -0.1) is 11.3 Å². The fourth-order valence-electron chi connectivity index (χ4n) is 2.57. The van der Waals surface area contributed by atoms with Crippen LogP contribution in [0.5, 0.6) is 5.75 Å². The lowest BCUT2D eigenvalue weighted by Gasteiger charge is -2.29. The van der Waals surface area contributed by atoms with Crippen molar-refractivity contribution >= 4 is 35.5 Å². The second-order valence-corrected chi connectivity index (χ2v) is 6.40. The summed E-state index contributed by atoms with van der Waals surface area (Å²) in [6.07, 6.45) is 0.204. The summed E-state index contributed by atoms with van der Waals surface area (Å²) in [4.78, 5) is 27.5. The van der Waals surface area contributed by atoms with Gasteiger partial charge in [-0.25, -0.2) is 9.78 Å². The summed E-state index contributed by atoms with van der Waals surface area (Å²) in [6.45, 7) is 0. The van der Waals surface area contributed by atoms with Crippen LogP contribution in [0.3, 0.4) is 0 Å². The van der Waals surface area contributed by atoms with E-state index in [1.807, 2.05) is 0 Å². The molecule has 130 valence electrons. The standard InChI is InChI=1S/C14H15BN4O5S/c16-10(8-5-25-14(17)18-8)12(20)19-9-4-6-2-1-3-7(13(21)22)11(6)24-15(9)23/h1-3,5,9-10,23H,4,16H2,(H2,17,18)(H,19,20)(H,21,22)/t9-,10-/m0/s1. The van der Waals surface area contributed by atoms with Crippen LogP contribution >= 0.6 is 11.3 Å². The smallest absolute Gasteiger partial charge is 0.534 e. The highest BCUT2D eigenvalue weighted by Crippen LogP contribution is 2.30. The number of para-hydroxylation sites is 1. The van der Waals surface area contributed by atoms with E-state index < -0.39 is 31.0 Å². The number of carbonyl (C=O) groups is 2. The number of nitrogen functional groups attached to an aromatic ring is 1. The Bertz CT molecular complexity index is 829. The van der Waals surface area contributed by atoms with Crippen LogP contribution in [0, 0.1) is 0 Å². The number of nitrogens with two attached hydrogens (primary N) is 2. The molecule has 0 bridgehead atoms. The van der Waals surface area contributed by atoms with Gasteiger partial charge in [-0.2, -0.15) is 0 Å². The minimum Gasteiger partial charge on any atom is -0.534 e. The number of amides is 1. The van der Waals surface area contributed by atoms with E-state index >= 15 is 0 Å². The van der Waals surface area contributed by atoms with E-state index in [0.717, 1.165) is 0 Å². The first-order valence-electron chi connectivity index (χ1n) is 7.33. The van der Waals surface area contributed by atoms with Gasteiger partial charge in [0.1, 0.15) is 11.8 Å². The van der Waals surface area contributed by atoms with Crippen molar-refractivity contribution in [1.29, 1.82) is 0 Å². The number of carbonyl (C=O) groups excluding carboxylic acids is 1. The third kappa shape index (κ3) is 3.43. The van der Waals surface area contributed by atoms with Crippen LogP contribution in [-0.2, 0) is 11.2 Å². The van der Waals surface area contributed by atoms with E-state index in [4.69, 9.17) is 16.1 Å². The average Bonchev–Trinajstić information content (AvgIpc) is 3.00. The number of aromatic nitrogens is 1. The molecule has 1 aromatic carbocycles. The maximum Gasteiger partial charge on any atom is 0.547 e. The van der Waals surface area contributed by atoms with E-state index in [9.17, 15) is 19.7 Å². The van der Waals surface area contributed by atoms with Crippen molar-refractivity contribution in [3.8, 4) is 5.75 Å². The monoisotopic (exact) mass is 362 g/mol. The van der Waals surface area contributed by atoms with Crippen molar-refractivity contribution in [3.05, 3.63) is 40.4 Å². The van der Waals surface area contributed by atoms with Crippen LogP contribution in [0.2, 0.25) is 0 Å². The third-order valence-electron chi connectivity index (χ3n) is 3.82. The van der Waals surface area contributed by atoms with E-state index in [1.54, 1.807) is 17.5 Å². The molecule has 0 radical (unpaired) electrons. The maximum atomic E-state index is 12.3. The predicted octanol–water partition coefficient (Wildman–Crippen LogP) is -0.437. The molecule has 1 amide bonds. The Morgan fingerprint density at radius 1 is 1.48 bits per heavy atom. The van der Waals surface area contributed by atoms with Gasteiger partial charge in [0.2, 0.25) is 5.91 Å². The normalized spacial score (nSPS) is 17.4. The Labute approximate surface area is 146 Å². The van der Waals surface area contributed by atoms with E-state index in [2.05, 4.69) is 10.3 Å². The molecule has 0 unspecified atom stereocenters. The number of rotatable bonds is 4. The van der Waals surface area contributed by atoms with Crippen LogP contribution in [0.25, 0.3) is 0 Å². The van der Waals surface area contributed by atoms with Crippen molar-refractivity contribution in [2.24, 2.45) is 5.73 Å².